The number of rotatable bonds is 2. The summed E-state index contributed by atoms with van der Waals surface area (Å²) in [5, 5.41) is 0. The maximum atomic E-state index is 5.76. The normalized spacial score (nSPS) is 10.0. The van der Waals surface area contributed by atoms with E-state index in [0.29, 0.717) is 5.88 Å². The Bertz CT molecular complexity index is 263. The van der Waals surface area contributed by atoms with Gasteiger partial charge in [0.2, 0.25) is 0 Å². The minimum atomic E-state index is 0.524. The highest BCUT2D eigenvalue weighted by molar-refractivity contribution is 9.10. The van der Waals surface area contributed by atoms with Gasteiger partial charge in [-0.1, -0.05) is 15.9 Å². The van der Waals surface area contributed by atoms with Gasteiger partial charge in [-0.2, -0.15) is 0 Å². The zero-order valence-electron chi connectivity index (χ0n) is 7.03. The Balaban J connectivity index is 3.18. The van der Waals surface area contributed by atoms with Crippen LogP contribution in [0.25, 0.3) is 0 Å². The van der Waals surface area contributed by atoms with E-state index in [0.717, 1.165) is 21.3 Å². The summed E-state index contributed by atoms with van der Waals surface area (Å²) in [5.74, 6) is 1.38. The Kier molecular flexibility index (Phi) is 3.41. The largest absolute Gasteiger partial charge is 0.497 e. The molecule has 0 aliphatic heterocycles. The summed E-state index contributed by atoms with van der Waals surface area (Å²) in [7, 11) is 1.65. The highest BCUT2D eigenvalue weighted by atomic mass is 79.9. The molecule has 0 amide bonds. The standard InChI is InChI=1S/C9H10BrClO/c1-6-3-7(12-2)4-9(10)8(6)5-11/h3-4H,5H2,1-2H3. The third kappa shape index (κ3) is 1.93. The van der Waals surface area contributed by atoms with Gasteiger partial charge in [0.25, 0.3) is 0 Å². The Morgan fingerprint density at radius 2 is 2.17 bits per heavy atom. The molecule has 0 heterocycles. The minimum Gasteiger partial charge on any atom is -0.497 e. The molecule has 0 saturated heterocycles. The lowest BCUT2D eigenvalue weighted by atomic mass is 10.1. The zero-order valence-corrected chi connectivity index (χ0v) is 9.37. The molecule has 0 bridgehead atoms. The second-order valence-electron chi connectivity index (χ2n) is 2.54. The monoisotopic (exact) mass is 248 g/mol. The number of methoxy groups -OCH3 is 1. The van der Waals surface area contributed by atoms with Crippen LogP contribution in [-0.2, 0) is 5.88 Å². The summed E-state index contributed by atoms with van der Waals surface area (Å²) in [6.07, 6.45) is 0. The molecule has 0 fully saturated rings. The molecule has 12 heavy (non-hydrogen) atoms. The number of aryl methyl sites for hydroxylation is 1. The lowest BCUT2D eigenvalue weighted by molar-refractivity contribution is 0.414. The van der Waals surface area contributed by atoms with Crippen molar-refractivity contribution in [3.8, 4) is 5.75 Å². The molecular formula is C9H10BrClO. The average Bonchev–Trinajstić information content (AvgIpc) is 2.03. The van der Waals surface area contributed by atoms with Crippen LogP contribution in [0.4, 0.5) is 0 Å². The van der Waals surface area contributed by atoms with Gasteiger partial charge in [0.05, 0.1) is 7.11 Å². The van der Waals surface area contributed by atoms with Crippen LogP contribution in [0.3, 0.4) is 0 Å². The number of halogens is 2. The first-order valence-electron chi connectivity index (χ1n) is 3.58. The molecule has 0 aromatic heterocycles. The Labute approximate surface area is 85.8 Å². The van der Waals surface area contributed by atoms with E-state index in [-0.39, 0.29) is 0 Å². The molecule has 1 nitrogen and oxygen atoms in total. The van der Waals surface area contributed by atoms with Crippen LogP contribution in [-0.4, -0.2) is 7.11 Å². The van der Waals surface area contributed by atoms with Crippen molar-refractivity contribution in [3.05, 3.63) is 27.7 Å². The molecule has 0 saturated carbocycles. The van der Waals surface area contributed by atoms with Gasteiger partial charge in [-0.05, 0) is 30.2 Å². The molecule has 3 heteroatoms. The van der Waals surface area contributed by atoms with E-state index in [2.05, 4.69) is 15.9 Å². The first kappa shape index (κ1) is 9.87. The van der Waals surface area contributed by atoms with E-state index in [4.69, 9.17) is 16.3 Å². The second-order valence-corrected chi connectivity index (χ2v) is 3.66. The van der Waals surface area contributed by atoms with E-state index in [9.17, 15) is 0 Å². The number of hydrogen-bond acceptors (Lipinski definition) is 1. The van der Waals surface area contributed by atoms with Crippen molar-refractivity contribution in [2.45, 2.75) is 12.8 Å². The van der Waals surface area contributed by atoms with Crippen LogP contribution in [0, 0.1) is 6.92 Å². The highest BCUT2D eigenvalue weighted by Crippen LogP contribution is 2.27. The summed E-state index contributed by atoms with van der Waals surface area (Å²) in [6.45, 7) is 2.02. The quantitative estimate of drug-likeness (QED) is 0.729. The fourth-order valence-corrected chi connectivity index (χ4v) is 2.22. The first-order chi connectivity index (χ1) is 5.69. The number of alkyl halides is 1. The van der Waals surface area contributed by atoms with Crippen molar-refractivity contribution in [1.29, 1.82) is 0 Å². The minimum absolute atomic E-state index is 0.524. The van der Waals surface area contributed by atoms with Crippen LogP contribution >= 0.6 is 27.5 Å². The Hall–Kier alpha value is -0.210. The molecule has 0 aliphatic carbocycles. The van der Waals surface area contributed by atoms with Gasteiger partial charge in [0.15, 0.2) is 0 Å². The van der Waals surface area contributed by atoms with E-state index in [1.54, 1.807) is 7.11 Å². The molecule has 0 radical (unpaired) electrons. The second kappa shape index (κ2) is 4.15. The van der Waals surface area contributed by atoms with Crippen LogP contribution in [0.15, 0.2) is 16.6 Å². The van der Waals surface area contributed by atoms with Crippen LogP contribution in [0.2, 0.25) is 0 Å². The Morgan fingerprint density at radius 3 is 2.58 bits per heavy atom. The average molecular weight is 250 g/mol. The van der Waals surface area contributed by atoms with Crippen molar-refractivity contribution in [3.63, 3.8) is 0 Å². The highest BCUT2D eigenvalue weighted by Gasteiger charge is 2.04. The molecule has 1 rings (SSSR count). The van der Waals surface area contributed by atoms with E-state index in [1.807, 2.05) is 19.1 Å². The predicted molar refractivity (Wildman–Crippen MR) is 55.0 cm³/mol. The van der Waals surface area contributed by atoms with Gasteiger partial charge in [0, 0.05) is 10.4 Å². The van der Waals surface area contributed by atoms with Crippen LogP contribution in [0.1, 0.15) is 11.1 Å². The molecule has 0 spiro atoms. The third-order valence-electron chi connectivity index (χ3n) is 1.76. The predicted octanol–water partition coefficient (Wildman–Crippen LogP) is 3.50. The summed E-state index contributed by atoms with van der Waals surface area (Å²) in [5.41, 5.74) is 2.27. The SMILES string of the molecule is COc1cc(C)c(CCl)c(Br)c1. The van der Waals surface area contributed by atoms with Gasteiger partial charge < -0.3 is 4.74 Å². The molecule has 0 unspecified atom stereocenters. The Morgan fingerprint density at radius 1 is 1.50 bits per heavy atom. The molecular weight excluding hydrogens is 239 g/mol. The summed E-state index contributed by atoms with van der Waals surface area (Å²) < 4.78 is 6.11. The van der Waals surface area contributed by atoms with Gasteiger partial charge >= 0.3 is 0 Å². The van der Waals surface area contributed by atoms with Crippen molar-refractivity contribution < 1.29 is 4.74 Å². The van der Waals surface area contributed by atoms with E-state index < -0.39 is 0 Å². The molecule has 0 atom stereocenters. The van der Waals surface area contributed by atoms with Gasteiger partial charge in [0.1, 0.15) is 5.75 Å². The van der Waals surface area contributed by atoms with Gasteiger partial charge in [-0.15, -0.1) is 11.6 Å². The summed E-state index contributed by atoms with van der Waals surface area (Å²) in [4.78, 5) is 0. The third-order valence-corrected chi connectivity index (χ3v) is 2.74. The molecule has 0 aliphatic rings. The number of hydrogen-bond donors (Lipinski definition) is 0. The lowest BCUT2D eigenvalue weighted by Crippen LogP contribution is -1.90. The number of benzene rings is 1. The van der Waals surface area contributed by atoms with Gasteiger partial charge in [-0.3, -0.25) is 0 Å². The maximum Gasteiger partial charge on any atom is 0.120 e. The molecule has 66 valence electrons. The van der Waals surface area contributed by atoms with E-state index in [1.165, 1.54) is 0 Å². The van der Waals surface area contributed by atoms with Crippen molar-refractivity contribution >= 4 is 27.5 Å². The fourth-order valence-electron chi connectivity index (χ4n) is 1.03. The summed E-state index contributed by atoms with van der Waals surface area (Å²) >= 11 is 9.20. The number of ether oxygens (including phenoxy) is 1. The summed E-state index contributed by atoms with van der Waals surface area (Å²) in [6, 6.07) is 3.90. The van der Waals surface area contributed by atoms with Crippen molar-refractivity contribution in [2.24, 2.45) is 0 Å². The van der Waals surface area contributed by atoms with Gasteiger partial charge in [-0.25, -0.2) is 0 Å². The topological polar surface area (TPSA) is 9.23 Å². The van der Waals surface area contributed by atoms with Crippen LogP contribution < -0.4 is 4.74 Å². The molecule has 0 N–H and O–H groups in total. The smallest absolute Gasteiger partial charge is 0.120 e. The maximum absolute atomic E-state index is 5.76. The lowest BCUT2D eigenvalue weighted by Gasteiger charge is -2.07. The zero-order chi connectivity index (χ0) is 9.14. The van der Waals surface area contributed by atoms with Crippen LogP contribution in [0.5, 0.6) is 5.75 Å². The van der Waals surface area contributed by atoms with Crippen molar-refractivity contribution in [1.82, 2.24) is 0 Å². The van der Waals surface area contributed by atoms with E-state index >= 15 is 0 Å². The van der Waals surface area contributed by atoms with Crippen molar-refractivity contribution in [2.75, 3.05) is 7.11 Å². The molecule has 1 aromatic carbocycles. The first-order valence-corrected chi connectivity index (χ1v) is 4.90. The fraction of sp³-hybridized carbons (Fsp3) is 0.333. The molecule has 1 aromatic rings.